The number of carbonyl (C=O) groups excluding carboxylic acids is 2. The van der Waals surface area contributed by atoms with E-state index in [4.69, 9.17) is 4.74 Å². The van der Waals surface area contributed by atoms with E-state index in [1.54, 1.807) is 0 Å². The molecule has 0 aliphatic carbocycles. The highest BCUT2D eigenvalue weighted by molar-refractivity contribution is 6.06. The molecule has 20 heavy (non-hydrogen) atoms. The molecule has 0 bridgehead atoms. The summed E-state index contributed by atoms with van der Waals surface area (Å²) in [6.07, 6.45) is 1.29. The van der Waals surface area contributed by atoms with Crippen LogP contribution in [0.1, 0.15) is 19.8 Å². The van der Waals surface area contributed by atoms with E-state index in [-0.39, 0.29) is 24.0 Å². The van der Waals surface area contributed by atoms with Crippen molar-refractivity contribution in [2.45, 2.75) is 25.8 Å². The number of hydrogen-bond acceptors (Lipinski definition) is 3. The summed E-state index contributed by atoms with van der Waals surface area (Å²) >= 11 is 0. The van der Waals surface area contributed by atoms with Crippen LogP contribution in [0.2, 0.25) is 0 Å². The molecule has 6 heteroatoms. The van der Waals surface area contributed by atoms with Crippen molar-refractivity contribution in [3.8, 4) is 5.75 Å². The zero-order valence-corrected chi connectivity index (χ0v) is 11.5. The number of anilines is 1. The molecule has 1 fully saturated rings. The number of amides is 2. The maximum Gasteiger partial charge on any atom is 0.250 e. The highest BCUT2D eigenvalue weighted by Gasteiger charge is 2.34. The SMILES string of the molecule is CCCC1NC(=O)CN(c2cc(OC)ccc2F)C1=O. The van der Waals surface area contributed by atoms with Gasteiger partial charge in [-0.3, -0.25) is 14.5 Å². The summed E-state index contributed by atoms with van der Waals surface area (Å²) in [5.41, 5.74) is 0.0744. The van der Waals surface area contributed by atoms with Crippen molar-refractivity contribution in [1.82, 2.24) is 5.32 Å². The minimum Gasteiger partial charge on any atom is -0.497 e. The van der Waals surface area contributed by atoms with E-state index < -0.39 is 11.9 Å². The average Bonchev–Trinajstić information content (AvgIpc) is 2.43. The van der Waals surface area contributed by atoms with Gasteiger partial charge in [-0.25, -0.2) is 4.39 Å². The van der Waals surface area contributed by atoms with Gasteiger partial charge in [0.25, 0.3) is 0 Å². The summed E-state index contributed by atoms with van der Waals surface area (Å²) in [5.74, 6) is -0.694. The number of benzene rings is 1. The predicted octanol–water partition coefficient (Wildman–Crippen LogP) is 1.47. The molecule has 0 saturated carbocycles. The van der Waals surface area contributed by atoms with Crippen LogP contribution in [0.25, 0.3) is 0 Å². The fourth-order valence-corrected chi connectivity index (χ4v) is 2.23. The third kappa shape index (κ3) is 2.74. The average molecular weight is 280 g/mol. The Morgan fingerprint density at radius 1 is 1.45 bits per heavy atom. The summed E-state index contributed by atoms with van der Waals surface area (Å²) < 4.78 is 19.0. The maximum atomic E-state index is 13.9. The largest absolute Gasteiger partial charge is 0.497 e. The van der Waals surface area contributed by atoms with Gasteiger partial charge in [-0.05, 0) is 18.6 Å². The second kappa shape index (κ2) is 5.90. The lowest BCUT2D eigenvalue weighted by Gasteiger charge is -2.32. The fraction of sp³-hybridized carbons (Fsp3) is 0.429. The molecule has 2 rings (SSSR count). The molecule has 1 aliphatic rings. The normalized spacial score (nSPS) is 18.9. The molecule has 1 atom stereocenters. The number of nitrogens with one attached hydrogen (secondary N) is 1. The van der Waals surface area contributed by atoms with Crippen molar-refractivity contribution in [1.29, 1.82) is 0 Å². The molecule has 0 radical (unpaired) electrons. The van der Waals surface area contributed by atoms with E-state index >= 15 is 0 Å². The molecule has 1 aromatic carbocycles. The first-order valence-corrected chi connectivity index (χ1v) is 6.51. The van der Waals surface area contributed by atoms with Gasteiger partial charge in [-0.1, -0.05) is 13.3 Å². The number of ether oxygens (including phenoxy) is 1. The van der Waals surface area contributed by atoms with Crippen LogP contribution >= 0.6 is 0 Å². The van der Waals surface area contributed by atoms with Gasteiger partial charge in [0, 0.05) is 6.07 Å². The first kappa shape index (κ1) is 14.3. The highest BCUT2D eigenvalue weighted by Crippen LogP contribution is 2.26. The molecule has 1 unspecified atom stereocenters. The van der Waals surface area contributed by atoms with Crippen molar-refractivity contribution in [3.63, 3.8) is 0 Å². The van der Waals surface area contributed by atoms with Crippen molar-refractivity contribution in [2.75, 3.05) is 18.6 Å². The maximum absolute atomic E-state index is 13.9. The zero-order chi connectivity index (χ0) is 14.7. The topological polar surface area (TPSA) is 58.6 Å². The van der Waals surface area contributed by atoms with Crippen LogP contribution in [-0.4, -0.2) is 31.5 Å². The Labute approximate surface area is 116 Å². The molecule has 1 saturated heterocycles. The summed E-state index contributed by atoms with van der Waals surface area (Å²) in [6.45, 7) is 1.74. The molecule has 2 amide bonds. The Bertz CT molecular complexity index is 533. The molecule has 1 N–H and O–H groups in total. The third-order valence-electron chi connectivity index (χ3n) is 3.22. The van der Waals surface area contributed by atoms with Gasteiger partial charge in [0.1, 0.15) is 24.2 Å². The molecule has 1 aromatic rings. The fourth-order valence-electron chi connectivity index (χ4n) is 2.23. The van der Waals surface area contributed by atoms with Gasteiger partial charge >= 0.3 is 0 Å². The predicted molar refractivity (Wildman–Crippen MR) is 72.1 cm³/mol. The number of piperazine rings is 1. The summed E-state index contributed by atoms with van der Waals surface area (Å²) in [6, 6.07) is 3.53. The van der Waals surface area contributed by atoms with Crippen molar-refractivity contribution < 1.29 is 18.7 Å². The van der Waals surface area contributed by atoms with Gasteiger partial charge < -0.3 is 10.1 Å². The standard InChI is InChI=1S/C14H17FN2O3/c1-3-4-11-14(19)17(8-13(18)16-11)12-7-9(20-2)5-6-10(12)15/h5-7,11H,3-4,8H2,1-2H3,(H,16,18). The Balaban J connectivity index is 2.34. The molecular weight excluding hydrogens is 263 g/mol. The lowest BCUT2D eigenvalue weighted by atomic mass is 10.1. The Hall–Kier alpha value is -2.11. The number of carbonyl (C=O) groups is 2. The second-order valence-corrected chi connectivity index (χ2v) is 4.65. The van der Waals surface area contributed by atoms with E-state index in [1.807, 2.05) is 6.92 Å². The van der Waals surface area contributed by atoms with Gasteiger partial charge in [-0.2, -0.15) is 0 Å². The molecule has 108 valence electrons. The smallest absolute Gasteiger partial charge is 0.250 e. The van der Waals surface area contributed by atoms with Gasteiger partial charge in [-0.15, -0.1) is 0 Å². The van der Waals surface area contributed by atoms with Crippen LogP contribution in [0.4, 0.5) is 10.1 Å². The minimum absolute atomic E-state index is 0.0744. The van der Waals surface area contributed by atoms with E-state index in [0.717, 1.165) is 6.42 Å². The first-order valence-electron chi connectivity index (χ1n) is 6.51. The zero-order valence-electron chi connectivity index (χ0n) is 11.5. The van der Waals surface area contributed by atoms with Crippen LogP contribution in [0.5, 0.6) is 5.75 Å². The van der Waals surface area contributed by atoms with Crippen LogP contribution in [0.15, 0.2) is 18.2 Å². The second-order valence-electron chi connectivity index (χ2n) is 4.65. The minimum atomic E-state index is -0.591. The van der Waals surface area contributed by atoms with Crippen LogP contribution < -0.4 is 15.0 Å². The Kier molecular flexibility index (Phi) is 4.22. The number of hydrogen-bond donors (Lipinski definition) is 1. The first-order chi connectivity index (χ1) is 9.56. The van der Waals surface area contributed by atoms with Crippen LogP contribution in [-0.2, 0) is 9.59 Å². The quantitative estimate of drug-likeness (QED) is 0.908. The van der Waals surface area contributed by atoms with Crippen molar-refractivity contribution >= 4 is 17.5 Å². The molecule has 0 aromatic heterocycles. The highest BCUT2D eigenvalue weighted by atomic mass is 19.1. The Morgan fingerprint density at radius 2 is 2.20 bits per heavy atom. The summed E-state index contributed by atoms with van der Waals surface area (Å²) in [7, 11) is 1.46. The lowest BCUT2D eigenvalue weighted by Crippen LogP contribution is -2.58. The van der Waals surface area contributed by atoms with Gasteiger partial charge in [0.15, 0.2) is 0 Å². The number of rotatable bonds is 4. The molecule has 1 aliphatic heterocycles. The van der Waals surface area contributed by atoms with Crippen LogP contribution in [0, 0.1) is 5.82 Å². The molecular formula is C14H17FN2O3. The van der Waals surface area contributed by atoms with Gasteiger partial charge in [0.05, 0.1) is 12.8 Å². The van der Waals surface area contributed by atoms with Gasteiger partial charge in [0.2, 0.25) is 11.8 Å². The number of nitrogens with zero attached hydrogens (tertiary/aromatic N) is 1. The third-order valence-corrected chi connectivity index (χ3v) is 3.22. The van der Waals surface area contributed by atoms with E-state index in [0.29, 0.717) is 12.2 Å². The monoisotopic (exact) mass is 280 g/mol. The number of halogens is 1. The van der Waals surface area contributed by atoms with Crippen molar-refractivity contribution in [2.24, 2.45) is 0 Å². The summed E-state index contributed by atoms with van der Waals surface area (Å²) in [4.78, 5) is 25.2. The summed E-state index contributed by atoms with van der Waals surface area (Å²) in [5, 5.41) is 2.63. The van der Waals surface area contributed by atoms with Crippen LogP contribution in [0.3, 0.4) is 0 Å². The van der Waals surface area contributed by atoms with E-state index in [9.17, 15) is 14.0 Å². The lowest BCUT2D eigenvalue weighted by molar-refractivity contribution is -0.131. The van der Waals surface area contributed by atoms with Crippen molar-refractivity contribution in [3.05, 3.63) is 24.0 Å². The van der Waals surface area contributed by atoms with E-state index in [2.05, 4.69) is 5.32 Å². The van der Waals surface area contributed by atoms with E-state index in [1.165, 1.54) is 30.2 Å². The molecule has 0 spiro atoms. The Morgan fingerprint density at radius 3 is 2.85 bits per heavy atom. The molecule has 5 nitrogen and oxygen atoms in total. The molecule has 1 heterocycles. The number of methoxy groups -OCH3 is 1.